The number of aromatic nitrogens is 5. The second kappa shape index (κ2) is 5.87. The third kappa shape index (κ3) is 2.40. The van der Waals surface area contributed by atoms with Crippen LogP contribution in [-0.2, 0) is 13.1 Å². The third-order valence-electron chi connectivity index (χ3n) is 4.66. The van der Waals surface area contributed by atoms with Crippen molar-refractivity contribution in [3.63, 3.8) is 0 Å². The second-order valence-corrected chi connectivity index (χ2v) is 6.24. The summed E-state index contributed by atoms with van der Waals surface area (Å²) in [6.07, 6.45) is 1.52. The summed E-state index contributed by atoms with van der Waals surface area (Å²) in [5, 5.41) is 9.44. The van der Waals surface area contributed by atoms with Crippen LogP contribution >= 0.6 is 0 Å². The zero-order valence-electron chi connectivity index (χ0n) is 13.9. The fourth-order valence-electron chi connectivity index (χ4n) is 3.41. The number of halogens is 1. The lowest BCUT2D eigenvalue weighted by Gasteiger charge is -2.29. The Morgan fingerprint density at radius 1 is 0.923 bits per heavy atom. The minimum Gasteiger partial charge on any atom is -0.347 e. The molecule has 0 N–H and O–H groups in total. The van der Waals surface area contributed by atoms with Crippen LogP contribution in [0.15, 0.2) is 54.9 Å². The zero-order valence-corrected chi connectivity index (χ0v) is 13.9. The summed E-state index contributed by atoms with van der Waals surface area (Å²) in [7, 11) is 0. The van der Waals surface area contributed by atoms with Crippen LogP contribution in [0, 0.1) is 5.82 Å². The molecule has 0 atom stereocenters. The van der Waals surface area contributed by atoms with Gasteiger partial charge in [-0.3, -0.25) is 0 Å². The van der Waals surface area contributed by atoms with Crippen molar-refractivity contribution in [3.05, 3.63) is 66.5 Å². The van der Waals surface area contributed by atoms with Gasteiger partial charge in [-0.25, -0.2) is 14.4 Å². The first kappa shape index (κ1) is 14.9. The summed E-state index contributed by atoms with van der Waals surface area (Å²) in [5.41, 5.74) is 1.78. The molecule has 0 amide bonds. The number of benzene rings is 2. The average Bonchev–Trinajstić information content (AvgIpc) is 3.11. The Kier molecular flexibility index (Phi) is 3.38. The van der Waals surface area contributed by atoms with Crippen molar-refractivity contribution in [1.29, 1.82) is 0 Å². The highest BCUT2D eigenvalue weighted by atomic mass is 19.1. The van der Waals surface area contributed by atoms with E-state index in [4.69, 9.17) is 0 Å². The molecular weight excluding hydrogens is 331 g/mol. The lowest BCUT2D eigenvalue weighted by atomic mass is 10.2. The lowest BCUT2D eigenvalue weighted by Crippen LogP contribution is -2.34. The molecule has 2 aromatic carbocycles. The van der Waals surface area contributed by atoms with Gasteiger partial charge in [0.1, 0.15) is 18.0 Å². The van der Waals surface area contributed by atoms with Gasteiger partial charge in [-0.05, 0) is 18.2 Å². The van der Waals surface area contributed by atoms with E-state index in [0.29, 0.717) is 11.9 Å². The molecule has 0 spiro atoms. The lowest BCUT2D eigenvalue weighted by molar-refractivity contribution is 0.560. The monoisotopic (exact) mass is 346 g/mol. The first-order valence-corrected chi connectivity index (χ1v) is 8.42. The highest BCUT2D eigenvalue weighted by Gasteiger charge is 2.24. The van der Waals surface area contributed by atoms with Crippen molar-refractivity contribution in [2.24, 2.45) is 0 Å². The summed E-state index contributed by atoms with van der Waals surface area (Å²) in [4.78, 5) is 10.7. The quantitative estimate of drug-likeness (QED) is 0.558. The molecule has 7 heteroatoms. The van der Waals surface area contributed by atoms with Gasteiger partial charge in [-0.1, -0.05) is 30.3 Å². The van der Waals surface area contributed by atoms with Crippen LogP contribution in [0.5, 0.6) is 0 Å². The highest BCUT2D eigenvalue weighted by molar-refractivity contribution is 5.89. The van der Waals surface area contributed by atoms with Crippen LogP contribution in [-0.4, -0.2) is 31.3 Å². The Labute approximate surface area is 149 Å². The zero-order chi connectivity index (χ0) is 17.5. The van der Waals surface area contributed by atoms with Gasteiger partial charge < -0.3 is 9.47 Å². The van der Waals surface area contributed by atoms with E-state index in [-0.39, 0.29) is 5.82 Å². The molecule has 0 saturated carbocycles. The Hall–Kier alpha value is -3.35. The standard InChI is InChI=1S/C19H15FN6/c20-14-6-7-16-15(10-14)19(22-12-21-16)25-8-9-26-17(11-25)23-24-18(26)13-4-2-1-3-5-13/h1-7,10,12H,8-9,11H2. The summed E-state index contributed by atoms with van der Waals surface area (Å²) in [5.74, 6) is 2.18. The van der Waals surface area contributed by atoms with Crippen molar-refractivity contribution in [3.8, 4) is 11.4 Å². The van der Waals surface area contributed by atoms with Gasteiger partial charge in [0.25, 0.3) is 0 Å². The smallest absolute Gasteiger partial charge is 0.164 e. The molecule has 4 aromatic rings. The maximum Gasteiger partial charge on any atom is 0.164 e. The van der Waals surface area contributed by atoms with Crippen molar-refractivity contribution in [2.45, 2.75) is 13.1 Å². The first-order chi connectivity index (χ1) is 12.8. The molecule has 0 unspecified atom stereocenters. The van der Waals surface area contributed by atoms with Gasteiger partial charge in [-0.15, -0.1) is 10.2 Å². The predicted molar refractivity (Wildman–Crippen MR) is 96.0 cm³/mol. The molecule has 0 bridgehead atoms. The van der Waals surface area contributed by atoms with E-state index >= 15 is 0 Å². The van der Waals surface area contributed by atoms with Gasteiger partial charge in [0.15, 0.2) is 11.6 Å². The third-order valence-corrected chi connectivity index (χ3v) is 4.66. The van der Waals surface area contributed by atoms with Gasteiger partial charge in [0, 0.05) is 24.0 Å². The van der Waals surface area contributed by atoms with E-state index in [9.17, 15) is 4.39 Å². The van der Waals surface area contributed by atoms with Gasteiger partial charge in [0.05, 0.1) is 12.1 Å². The molecule has 5 rings (SSSR count). The van der Waals surface area contributed by atoms with E-state index in [1.807, 2.05) is 30.3 Å². The Morgan fingerprint density at radius 2 is 1.81 bits per heavy atom. The Morgan fingerprint density at radius 3 is 2.69 bits per heavy atom. The second-order valence-electron chi connectivity index (χ2n) is 6.24. The Balaban J connectivity index is 1.53. The largest absolute Gasteiger partial charge is 0.347 e. The molecule has 0 saturated heterocycles. The summed E-state index contributed by atoms with van der Waals surface area (Å²) in [6.45, 7) is 2.06. The molecule has 6 nitrogen and oxygen atoms in total. The number of anilines is 1. The number of rotatable bonds is 2. The van der Waals surface area contributed by atoms with E-state index in [1.165, 1.54) is 18.5 Å². The first-order valence-electron chi connectivity index (χ1n) is 8.42. The average molecular weight is 346 g/mol. The number of fused-ring (bicyclic) bond motifs is 2. The number of hydrogen-bond donors (Lipinski definition) is 0. The summed E-state index contributed by atoms with van der Waals surface area (Å²) < 4.78 is 15.8. The van der Waals surface area contributed by atoms with Crippen molar-refractivity contribution < 1.29 is 4.39 Å². The molecule has 0 aliphatic carbocycles. The van der Waals surface area contributed by atoms with E-state index in [1.54, 1.807) is 6.07 Å². The van der Waals surface area contributed by atoms with Crippen LogP contribution in [0.3, 0.4) is 0 Å². The van der Waals surface area contributed by atoms with Crippen molar-refractivity contribution in [2.75, 3.05) is 11.4 Å². The summed E-state index contributed by atoms with van der Waals surface area (Å²) in [6, 6.07) is 14.6. The molecule has 0 fully saturated rings. The number of nitrogens with zero attached hydrogens (tertiary/aromatic N) is 6. The van der Waals surface area contributed by atoms with Crippen LogP contribution < -0.4 is 4.90 Å². The predicted octanol–water partition coefficient (Wildman–Crippen LogP) is 3.05. The van der Waals surface area contributed by atoms with Crippen LogP contribution in [0.4, 0.5) is 10.2 Å². The van der Waals surface area contributed by atoms with Crippen LogP contribution in [0.1, 0.15) is 5.82 Å². The maximum atomic E-state index is 13.7. The minimum atomic E-state index is -0.292. The molecule has 3 heterocycles. The maximum absolute atomic E-state index is 13.7. The molecular formula is C19H15FN6. The minimum absolute atomic E-state index is 0.292. The Bertz CT molecular complexity index is 1090. The normalized spacial score (nSPS) is 13.8. The molecule has 1 aliphatic heterocycles. The molecule has 1 aliphatic rings. The van der Waals surface area contributed by atoms with E-state index in [0.717, 1.165) is 41.6 Å². The molecule has 26 heavy (non-hydrogen) atoms. The van der Waals surface area contributed by atoms with E-state index in [2.05, 4.69) is 29.6 Å². The van der Waals surface area contributed by atoms with Gasteiger partial charge in [-0.2, -0.15) is 0 Å². The van der Waals surface area contributed by atoms with Crippen LogP contribution in [0.25, 0.3) is 22.3 Å². The van der Waals surface area contributed by atoms with Gasteiger partial charge >= 0.3 is 0 Å². The number of hydrogen-bond acceptors (Lipinski definition) is 5. The van der Waals surface area contributed by atoms with Crippen molar-refractivity contribution >= 4 is 16.7 Å². The van der Waals surface area contributed by atoms with Crippen molar-refractivity contribution in [1.82, 2.24) is 24.7 Å². The summed E-state index contributed by atoms with van der Waals surface area (Å²) >= 11 is 0. The fourth-order valence-corrected chi connectivity index (χ4v) is 3.41. The molecule has 0 radical (unpaired) electrons. The SMILES string of the molecule is Fc1ccc2ncnc(N3CCn4c(nnc4-c4ccccc4)C3)c2c1. The van der Waals surface area contributed by atoms with Crippen LogP contribution in [0.2, 0.25) is 0 Å². The van der Waals surface area contributed by atoms with E-state index < -0.39 is 0 Å². The fraction of sp³-hybridized carbons (Fsp3) is 0.158. The molecule has 128 valence electrons. The highest BCUT2D eigenvalue weighted by Crippen LogP contribution is 2.28. The molecule has 2 aromatic heterocycles. The van der Waals surface area contributed by atoms with Gasteiger partial charge in [0.2, 0.25) is 0 Å². The topological polar surface area (TPSA) is 59.7 Å².